The van der Waals surface area contributed by atoms with Crippen molar-refractivity contribution in [1.82, 2.24) is 14.7 Å². The van der Waals surface area contributed by atoms with E-state index >= 15 is 0 Å². The number of nitrogens with two attached hydrogens (primary N) is 1. The van der Waals surface area contributed by atoms with Crippen LogP contribution in [0.3, 0.4) is 0 Å². The van der Waals surface area contributed by atoms with Crippen molar-refractivity contribution in [2.75, 3.05) is 6.61 Å². The molecule has 4 rings (SSSR count). The summed E-state index contributed by atoms with van der Waals surface area (Å²) in [5, 5.41) is 4.24. The number of hydrogen-bond donors (Lipinski definition) is 1. The summed E-state index contributed by atoms with van der Waals surface area (Å²) in [4.78, 5) is 2.25. The van der Waals surface area contributed by atoms with E-state index in [0.717, 1.165) is 19.2 Å². The van der Waals surface area contributed by atoms with E-state index in [2.05, 4.69) is 10.00 Å². The van der Waals surface area contributed by atoms with Crippen molar-refractivity contribution >= 4 is 0 Å². The molecule has 1 saturated heterocycles. The monoisotopic (exact) mass is 352 g/mol. The first kappa shape index (κ1) is 16.6. The third kappa shape index (κ3) is 2.84. The third-order valence-corrected chi connectivity index (χ3v) is 5.14. The quantitative estimate of drug-likeness (QED) is 0.840. The summed E-state index contributed by atoms with van der Waals surface area (Å²) < 4.78 is 48.2. The number of hydrogen-bond acceptors (Lipinski definition) is 4. The topological polar surface area (TPSA) is 56.3 Å². The Morgan fingerprint density at radius 2 is 1.92 bits per heavy atom. The highest BCUT2D eigenvalue weighted by molar-refractivity contribution is 5.25. The van der Waals surface area contributed by atoms with Crippen molar-refractivity contribution in [3.05, 3.63) is 52.6 Å². The van der Waals surface area contributed by atoms with Gasteiger partial charge in [-0.05, 0) is 12.5 Å². The summed E-state index contributed by atoms with van der Waals surface area (Å²) in [6.45, 7) is 1.89. The van der Waals surface area contributed by atoms with Crippen LogP contribution in [0.1, 0.15) is 29.3 Å². The molecule has 0 aliphatic carbocycles. The molecular formula is C17H19F3N4O. The average Bonchev–Trinajstić information content (AvgIpc) is 3.14. The number of aromatic nitrogens is 2. The van der Waals surface area contributed by atoms with E-state index in [1.54, 1.807) is 0 Å². The van der Waals surface area contributed by atoms with Crippen molar-refractivity contribution in [1.29, 1.82) is 0 Å². The molecule has 134 valence electrons. The fourth-order valence-electron chi connectivity index (χ4n) is 3.74. The van der Waals surface area contributed by atoms with E-state index < -0.39 is 29.6 Å². The number of benzene rings is 1. The Labute approximate surface area is 143 Å². The molecule has 5 nitrogen and oxygen atoms in total. The molecular weight excluding hydrogens is 333 g/mol. The maximum atomic E-state index is 14.0. The van der Waals surface area contributed by atoms with Crippen LogP contribution in [0.4, 0.5) is 13.2 Å². The van der Waals surface area contributed by atoms with Gasteiger partial charge in [-0.25, -0.2) is 13.2 Å². The molecule has 0 radical (unpaired) electrons. The van der Waals surface area contributed by atoms with E-state index in [9.17, 15) is 13.2 Å². The lowest BCUT2D eigenvalue weighted by molar-refractivity contribution is -0.0534. The highest BCUT2D eigenvalue weighted by atomic mass is 19.2. The summed E-state index contributed by atoms with van der Waals surface area (Å²) in [6.07, 6.45) is 1.67. The number of halogens is 3. The van der Waals surface area contributed by atoms with Crippen LogP contribution in [0.25, 0.3) is 0 Å². The first-order valence-electron chi connectivity index (χ1n) is 8.19. The van der Waals surface area contributed by atoms with Crippen molar-refractivity contribution in [3.8, 4) is 0 Å². The predicted molar refractivity (Wildman–Crippen MR) is 83.8 cm³/mol. The minimum atomic E-state index is -1.22. The van der Waals surface area contributed by atoms with Gasteiger partial charge in [0.05, 0.1) is 18.5 Å². The van der Waals surface area contributed by atoms with Crippen molar-refractivity contribution < 1.29 is 17.9 Å². The standard InChI is InChI=1S/C17H19F3N4O/c1-23-16-7-24(6-9(16)5-22-23)10-2-15(21)17(25-8-10)11-3-13(19)14(20)4-12(11)18/h3-5,10,15,17H,2,6-8,21H2,1H3/t10-,15?,17-/m1/s1. The fourth-order valence-corrected chi connectivity index (χ4v) is 3.74. The second kappa shape index (κ2) is 6.12. The molecule has 2 aliphatic rings. The van der Waals surface area contributed by atoms with Gasteiger partial charge < -0.3 is 10.5 Å². The van der Waals surface area contributed by atoms with Crippen LogP contribution in [-0.2, 0) is 24.9 Å². The molecule has 3 atom stereocenters. The number of fused-ring (bicyclic) bond motifs is 1. The Hall–Kier alpha value is -1.90. The summed E-state index contributed by atoms with van der Waals surface area (Å²) >= 11 is 0. The van der Waals surface area contributed by atoms with E-state index in [1.165, 1.54) is 11.3 Å². The Morgan fingerprint density at radius 3 is 2.64 bits per heavy atom. The molecule has 0 amide bonds. The zero-order chi connectivity index (χ0) is 17.7. The Kier molecular flexibility index (Phi) is 4.05. The SMILES string of the molecule is Cn1ncc2c1CN([C@H]1CO[C@H](c3cc(F)c(F)cc3F)C(N)C1)C2. The van der Waals surface area contributed by atoms with Crippen LogP contribution in [0.2, 0.25) is 0 Å². The molecule has 0 bridgehead atoms. The zero-order valence-corrected chi connectivity index (χ0v) is 13.8. The molecule has 3 heterocycles. The van der Waals surface area contributed by atoms with E-state index in [4.69, 9.17) is 10.5 Å². The van der Waals surface area contributed by atoms with Gasteiger partial charge in [-0.3, -0.25) is 9.58 Å². The highest BCUT2D eigenvalue weighted by Crippen LogP contribution is 2.34. The van der Waals surface area contributed by atoms with Crippen molar-refractivity contribution in [3.63, 3.8) is 0 Å². The van der Waals surface area contributed by atoms with Gasteiger partial charge in [-0.15, -0.1) is 0 Å². The van der Waals surface area contributed by atoms with Gasteiger partial charge in [-0.2, -0.15) is 5.10 Å². The lowest BCUT2D eigenvalue weighted by Gasteiger charge is -2.38. The molecule has 1 aromatic carbocycles. The molecule has 1 fully saturated rings. The normalized spacial score (nSPS) is 26.8. The van der Waals surface area contributed by atoms with E-state index in [-0.39, 0.29) is 11.6 Å². The molecule has 0 spiro atoms. The lowest BCUT2D eigenvalue weighted by Crippen LogP contribution is -2.47. The van der Waals surface area contributed by atoms with Gasteiger partial charge in [0.2, 0.25) is 0 Å². The van der Waals surface area contributed by atoms with E-state index in [0.29, 0.717) is 19.1 Å². The fraction of sp³-hybridized carbons (Fsp3) is 0.471. The van der Waals surface area contributed by atoms with Gasteiger partial charge in [-0.1, -0.05) is 0 Å². The second-order valence-electron chi connectivity index (χ2n) is 6.74. The van der Waals surface area contributed by atoms with Gasteiger partial charge in [0.25, 0.3) is 0 Å². The molecule has 2 aliphatic heterocycles. The van der Waals surface area contributed by atoms with Crippen LogP contribution in [0.5, 0.6) is 0 Å². The Morgan fingerprint density at radius 1 is 1.16 bits per heavy atom. The minimum Gasteiger partial charge on any atom is -0.370 e. The maximum Gasteiger partial charge on any atom is 0.161 e. The lowest BCUT2D eigenvalue weighted by atomic mass is 9.93. The summed E-state index contributed by atoms with van der Waals surface area (Å²) in [5.74, 6) is -3.15. The Bertz CT molecular complexity index is 809. The zero-order valence-electron chi connectivity index (χ0n) is 13.8. The molecule has 2 aromatic rings. The van der Waals surface area contributed by atoms with Gasteiger partial charge in [0.15, 0.2) is 11.6 Å². The van der Waals surface area contributed by atoms with Crippen LogP contribution < -0.4 is 5.73 Å². The van der Waals surface area contributed by atoms with Gasteiger partial charge in [0.1, 0.15) is 11.9 Å². The summed E-state index contributed by atoms with van der Waals surface area (Å²) in [7, 11) is 1.91. The molecule has 0 saturated carbocycles. The summed E-state index contributed by atoms with van der Waals surface area (Å²) in [5.41, 5.74) is 8.51. The smallest absolute Gasteiger partial charge is 0.161 e. The van der Waals surface area contributed by atoms with Gasteiger partial charge in [0, 0.05) is 49.4 Å². The number of aryl methyl sites for hydroxylation is 1. The number of ether oxygens (including phenoxy) is 1. The van der Waals surface area contributed by atoms with Gasteiger partial charge >= 0.3 is 0 Å². The molecule has 8 heteroatoms. The van der Waals surface area contributed by atoms with Crippen molar-refractivity contribution in [2.45, 2.75) is 37.7 Å². The molecule has 1 unspecified atom stereocenters. The Balaban J connectivity index is 1.47. The van der Waals surface area contributed by atoms with Crippen molar-refractivity contribution in [2.24, 2.45) is 12.8 Å². The van der Waals surface area contributed by atoms with Crippen LogP contribution in [-0.4, -0.2) is 33.4 Å². The molecule has 1 aromatic heterocycles. The molecule has 25 heavy (non-hydrogen) atoms. The molecule has 2 N–H and O–H groups in total. The average molecular weight is 352 g/mol. The minimum absolute atomic E-state index is 0.0289. The highest BCUT2D eigenvalue weighted by Gasteiger charge is 2.37. The first-order chi connectivity index (χ1) is 11.9. The maximum absolute atomic E-state index is 14.0. The predicted octanol–water partition coefficient (Wildman–Crippen LogP) is 2.01. The largest absolute Gasteiger partial charge is 0.370 e. The summed E-state index contributed by atoms with van der Waals surface area (Å²) in [6, 6.07) is 0.969. The number of rotatable bonds is 2. The van der Waals surface area contributed by atoms with Crippen LogP contribution in [0, 0.1) is 17.5 Å². The first-order valence-corrected chi connectivity index (χ1v) is 8.19. The second-order valence-corrected chi connectivity index (χ2v) is 6.74. The number of nitrogens with zero attached hydrogens (tertiary/aromatic N) is 3. The van der Waals surface area contributed by atoms with Crippen LogP contribution in [0.15, 0.2) is 18.3 Å². The third-order valence-electron chi connectivity index (χ3n) is 5.14. The van der Waals surface area contributed by atoms with E-state index in [1.807, 2.05) is 17.9 Å². The van der Waals surface area contributed by atoms with Crippen LogP contribution >= 0.6 is 0 Å².